The van der Waals surface area contributed by atoms with Crippen molar-refractivity contribution in [3.8, 4) is 11.4 Å². The lowest BCUT2D eigenvalue weighted by Crippen LogP contribution is -2.36. The van der Waals surface area contributed by atoms with E-state index in [2.05, 4.69) is 44.5 Å². The molecule has 2 aromatic carbocycles. The molecule has 1 aliphatic rings. The number of benzene rings is 2. The molecule has 4 rings (SSSR count). The van der Waals surface area contributed by atoms with Crippen molar-refractivity contribution in [2.24, 2.45) is 0 Å². The van der Waals surface area contributed by atoms with Crippen molar-refractivity contribution in [1.82, 2.24) is 15.2 Å². The molecule has 2 N–H and O–H groups in total. The van der Waals surface area contributed by atoms with Crippen molar-refractivity contribution in [1.29, 1.82) is 0 Å². The number of thioether (sulfide) groups is 1. The van der Waals surface area contributed by atoms with E-state index in [0.29, 0.717) is 11.0 Å². The van der Waals surface area contributed by atoms with E-state index in [1.165, 1.54) is 17.3 Å². The van der Waals surface area contributed by atoms with Crippen LogP contribution >= 0.6 is 11.8 Å². The Hall–Kier alpha value is -2.84. The maximum atomic E-state index is 12.6. The largest absolute Gasteiger partial charge is 0.378 e. The summed E-state index contributed by atoms with van der Waals surface area (Å²) in [6.45, 7) is 7.26. The van der Waals surface area contributed by atoms with Gasteiger partial charge in [-0.25, -0.2) is 4.98 Å². The molecule has 3 aromatic rings. The molecule has 1 saturated heterocycles. The summed E-state index contributed by atoms with van der Waals surface area (Å²) >= 11 is 1.33. The summed E-state index contributed by atoms with van der Waals surface area (Å²) in [6.07, 6.45) is 1.00. The van der Waals surface area contributed by atoms with E-state index in [1.807, 2.05) is 43.3 Å². The highest BCUT2D eigenvalue weighted by molar-refractivity contribution is 8.00. The van der Waals surface area contributed by atoms with E-state index < -0.39 is 0 Å². The SMILES string of the molecule is CCc1ccc(-c2nc(S[C@H](C)C(=O)Nc3ccc(N4CCOCC4)cc3)n[nH]2)cc1. The van der Waals surface area contributed by atoms with Gasteiger partial charge in [0.05, 0.1) is 18.5 Å². The molecule has 1 aromatic heterocycles. The van der Waals surface area contributed by atoms with Crippen LogP contribution in [0.2, 0.25) is 0 Å². The van der Waals surface area contributed by atoms with Gasteiger partial charge in [0.2, 0.25) is 11.1 Å². The molecule has 0 aliphatic carbocycles. The molecular weight excluding hydrogens is 410 g/mol. The Kier molecular flexibility index (Phi) is 6.89. The highest BCUT2D eigenvalue weighted by Crippen LogP contribution is 2.25. The number of ether oxygens (including phenoxy) is 1. The minimum atomic E-state index is -0.329. The first kappa shape index (κ1) is 21.4. The average Bonchev–Trinajstić information content (AvgIpc) is 3.28. The van der Waals surface area contributed by atoms with Gasteiger partial charge in [-0.1, -0.05) is 43.0 Å². The number of morpholine rings is 1. The van der Waals surface area contributed by atoms with Gasteiger partial charge in [0.1, 0.15) is 0 Å². The number of anilines is 2. The number of aryl methyl sites for hydroxylation is 1. The minimum Gasteiger partial charge on any atom is -0.378 e. The molecule has 162 valence electrons. The number of H-pyrrole nitrogens is 1. The second-order valence-electron chi connectivity index (χ2n) is 7.41. The number of hydrogen-bond donors (Lipinski definition) is 2. The lowest BCUT2D eigenvalue weighted by molar-refractivity contribution is -0.115. The number of nitrogens with zero attached hydrogens (tertiary/aromatic N) is 3. The molecular formula is C23H27N5O2S. The number of amides is 1. The van der Waals surface area contributed by atoms with Crippen LogP contribution in [-0.2, 0) is 16.0 Å². The summed E-state index contributed by atoms with van der Waals surface area (Å²) in [7, 11) is 0. The zero-order valence-electron chi connectivity index (χ0n) is 17.8. The smallest absolute Gasteiger partial charge is 0.237 e. The van der Waals surface area contributed by atoms with Crippen LogP contribution in [0.1, 0.15) is 19.4 Å². The molecule has 0 saturated carbocycles. The predicted molar refractivity (Wildman–Crippen MR) is 125 cm³/mol. The number of carbonyl (C=O) groups is 1. The molecule has 1 fully saturated rings. The Morgan fingerprint density at radius 2 is 1.87 bits per heavy atom. The van der Waals surface area contributed by atoms with E-state index in [9.17, 15) is 4.79 Å². The van der Waals surface area contributed by atoms with Gasteiger partial charge >= 0.3 is 0 Å². The van der Waals surface area contributed by atoms with Crippen LogP contribution in [0.5, 0.6) is 0 Å². The maximum absolute atomic E-state index is 12.6. The average molecular weight is 438 g/mol. The third-order valence-corrected chi connectivity index (χ3v) is 6.22. The maximum Gasteiger partial charge on any atom is 0.237 e. The minimum absolute atomic E-state index is 0.0808. The third kappa shape index (κ3) is 5.45. The molecule has 1 aliphatic heterocycles. The molecule has 31 heavy (non-hydrogen) atoms. The molecule has 2 heterocycles. The molecule has 0 radical (unpaired) electrons. The van der Waals surface area contributed by atoms with Crippen molar-refractivity contribution in [2.45, 2.75) is 30.7 Å². The van der Waals surface area contributed by atoms with Crippen molar-refractivity contribution in [2.75, 3.05) is 36.5 Å². The second kappa shape index (κ2) is 9.98. The molecule has 8 heteroatoms. The topological polar surface area (TPSA) is 83.1 Å². The third-order valence-electron chi connectivity index (χ3n) is 5.26. The Bertz CT molecular complexity index is 998. The summed E-state index contributed by atoms with van der Waals surface area (Å²) in [5.74, 6) is 0.624. The van der Waals surface area contributed by atoms with E-state index in [1.54, 1.807) is 0 Å². The summed E-state index contributed by atoms with van der Waals surface area (Å²) in [6, 6.07) is 16.2. The summed E-state index contributed by atoms with van der Waals surface area (Å²) in [5, 5.41) is 10.4. The van der Waals surface area contributed by atoms with Crippen LogP contribution in [0.3, 0.4) is 0 Å². The number of aromatic nitrogens is 3. The molecule has 7 nitrogen and oxygen atoms in total. The Morgan fingerprint density at radius 1 is 1.16 bits per heavy atom. The monoisotopic (exact) mass is 437 g/mol. The molecule has 1 amide bonds. The number of aromatic amines is 1. The molecule has 0 bridgehead atoms. The fourth-order valence-corrected chi connectivity index (χ4v) is 4.08. The van der Waals surface area contributed by atoms with Gasteiger partial charge in [0, 0.05) is 30.0 Å². The van der Waals surface area contributed by atoms with Gasteiger partial charge in [-0.05, 0) is 43.2 Å². The van der Waals surface area contributed by atoms with Gasteiger partial charge in [-0.2, -0.15) is 0 Å². The lowest BCUT2D eigenvalue weighted by Gasteiger charge is -2.28. The van der Waals surface area contributed by atoms with Crippen molar-refractivity contribution in [3.05, 3.63) is 54.1 Å². The van der Waals surface area contributed by atoms with Gasteiger partial charge in [-0.15, -0.1) is 5.10 Å². The number of rotatable bonds is 7. The zero-order valence-corrected chi connectivity index (χ0v) is 18.6. The van der Waals surface area contributed by atoms with Gasteiger partial charge in [-0.3, -0.25) is 9.89 Å². The van der Waals surface area contributed by atoms with Crippen LogP contribution in [0.15, 0.2) is 53.7 Å². The van der Waals surface area contributed by atoms with Crippen LogP contribution < -0.4 is 10.2 Å². The van der Waals surface area contributed by atoms with Crippen molar-refractivity contribution < 1.29 is 9.53 Å². The van der Waals surface area contributed by atoms with Crippen LogP contribution in [0.25, 0.3) is 11.4 Å². The first-order valence-electron chi connectivity index (χ1n) is 10.5. The standard InChI is InChI=1S/C23H27N5O2S/c1-3-17-4-6-18(7-5-17)21-25-23(27-26-21)31-16(2)22(29)24-19-8-10-20(11-9-19)28-12-14-30-15-13-28/h4-11,16H,3,12-15H2,1-2H3,(H,24,29)(H,25,26,27)/t16-/m1/s1. The first-order valence-corrected chi connectivity index (χ1v) is 11.4. The molecule has 0 unspecified atom stereocenters. The van der Waals surface area contributed by atoms with E-state index in [-0.39, 0.29) is 11.2 Å². The summed E-state index contributed by atoms with van der Waals surface area (Å²) < 4.78 is 5.40. The fourth-order valence-electron chi connectivity index (χ4n) is 3.36. The van der Waals surface area contributed by atoms with Gasteiger partial charge in [0.15, 0.2) is 5.82 Å². The van der Waals surface area contributed by atoms with E-state index in [4.69, 9.17) is 4.74 Å². The highest BCUT2D eigenvalue weighted by Gasteiger charge is 2.18. The van der Waals surface area contributed by atoms with E-state index in [0.717, 1.165) is 49.7 Å². The Balaban J connectivity index is 1.32. The zero-order chi connectivity index (χ0) is 21.6. The van der Waals surface area contributed by atoms with Crippen LogP contribution in [0.4, 0.5) is 11.4 Å². The van der Waals surface area contributed by atoms with Gasteiger partial charge < -0.3 is 15.0 Å². The van der Waals surface area contributed by atoms with Gasteiger partial charge in [0.25, 0.3) is 0 Å². The lowest BCUT2D eigenvalue weighted by atomic mass is 10.1. The summed E-state index contributed by atoms with van der Waals surface area (Å²) in [5.41, 5.74) is 4.18. The predicted octanol–water partition coefficient (Wildman–Crippen LogP) is 3.99. The van der Waals surface area contributed by atoms with Crippen molar-refractivity contribution in [3.63, 3.8) is 0 Å². The fraction of sp³-hybridized carbons (Fsp3) is 0.348. The Morgan fingerprint density at radius 3 is 2.55 bits per heavy atom. The number of hydrogen-bond acceptors (Lipinski definition) is 6. The van der Waals surface area contributed by atoms with Crippen molar-refractivity contribution >= 4 is 29.0 Å². The summed E-state index contributed by atoms with van der Waals surface area (Å²) in [4.78, 5) is 19.4. The normalized spacial score (nSPS) is 15.0. The molecule has 1 atom stereocenters. The highest BCUT2D eigenvalue weighted by atomic mass is 32.2. The number of carbonyl (C=O) groups excluding carboxylic acids is 1. The number of nitrogens with one attached hydrogen (secondary N) is 2. The van der Waals surface area contributed by atoms with E-state index >= 15 is 0 Å². The quantitative estimate of drug-likeness (QED) is 0.544. The Labute approximate surface area is 186 Å². The second-order valence-corrected chi connectivity index (χ2v) is 8.72. The van der Waals surface area contributed by atoms with Crippen LogP contribution in [-0.4, -0.2) is 52.6 Å². The van der Waals surface area contributed by atoms with Crippen LogP contribution in [0, 0.1) is 0 Å². The first-order chi connectivity index (χ1) is 15.1. The molecule has 0 spiro atoms.